The summed E-state index contributed by atoms with van der Waals surface area (Å²) in [5.74, 6) is 0.0451. The number of allylic oxidation sites excluding steroid dienone is 1. The van der Waals surface area contributed by atoms with Crippen molar-refractivity contribution in [1.29, 1.82) is 0 Å². The van der Waals surface area contributed by atoms with Gasteiger partial charge in [-0.25, -0.2) is 0 Å². The van der Waals surface area contributed by atoms with Crippen molar-refractivity contribution in [3.05, 3.63) is 45.6 Å². The molecule has 0 aliphatic carbocycles. The van der Waals surface area contributed by atoms with Crippen LogP contribution in [0.25, 0.3) is 6.08 Å². The smallest absolute Gasteiger partial charge is 0.243 e. The summed E-state index contributed by atoms with van der Waals surface area (Å²) in [7, 11) is 0. The van der Waals surface area contributed by atoms with Crippen molar-refractivity contribution in [2.45, 2.75) is 6.92 Å². The summed E-state index contributed by atoms with van der Waals surface area (Å²) >= 11 is 0. The van der Waals surface area contributed by atoms with Gasteiger partial charge in [0.1, 0.15) is 5.75 Å². The van der Waals surface area contributed by atoms with Crippen LogP contribution in [-0.4, -0.2) is 10.0 Å². The Morgan fingerprint density at radius 3 is 2.69 bits per heavy atom. The standard InChI is InChI=1S/C9H9NO3/c1-7(10(12)13)6-8-4-2-3-5-9(8)11/h2-6,11H,1H3/b7-6+. The number of phenolic OH excluding ortho intramolecular Hbond substituents is 1. The molecule has 0 spiro atoms. The van der Waals surface area contributed by atoms with E-state index in [1.165, 1.54) is 19.1 Å². The van der Waals surface area contributed by atoms with E-state index in [1.807, 2.05) is 0 Å². The van der Waals surface area contributed by atoms with Crippen molar-refractivity contribution in [2.24, 2.45) is 0 Å². The Labute approximate surface area is 75.3 Å². The van der Waals surface area contributed by atoms with Crippen LogP contribution in [0.3, 0.4) is 0 Å². The topological polar surface area (TPSA) is 63.4 Å². The molecular formula is C9H9NO3. The SMILES string of the molecule is C/C(=C\c1ccccc1O)[N+](=O)[O-]. The molecule has 4 heteroatoms. The lowest BCUT2D eigenvalue weighted by atomic mass is 10.2. The molecule has 0 atom stereocenters. The zero-order valence-corrected chi connectivity index (χ0v) is 7.10. The van der Waals surface area contributed by atoms with Gasteiger partial charge in [-0.05, 0) is 6.07 Å². The molecule has 0 heterocycles. The lowest BCUT2D eigenvalue weighted by Crippen LogP contribution is -1.92. The zero-order valence-electron chi connectivity index (χ0n) is 7.10. The highest BCUT2D eigenvalue weighted by molar-refractivity contribution is 5.57. The first-order valence-electron chi connectivity index (χ1n) is 3.72. The molecule has 1 aromatic carbocycles. The Morgan fingerprint density at radius 2 is 2.15 bits per heavy atom. The quantitative estimate of drug-likeness (QED) is 0.558. The molecule has 0 bridgehead atoms. The van der Waals surface area contributed by atoms with Gasteiger partial charge in [-0.15, -0.1) is 0 Å². The van der Waals surface area contributed by atoms with Gasteiger partial charge in [0, 0.05) is 18.6 Å². The van der Waals surface area contributed by atoms with E-state index in [4.69, 9.17) is 0 Å². The molecule has 1 aromatic rings. The van der Waals surface area contributed by atoms with Crippen LogP contribution in [0, 0.1) is 10.1 Å². The third-order valence-electron chi connectivity index (χ3n) is 1.59. The fraction of sp³-hybridized carbons (Fsp3) is 0.111. The fourth-order valence-electron chi connectivity index (χ4n) is 0.887. The molecule has 0 aliphatic heterocycles. The Hall–Kier alpha value is -1.84. The van der Waals surface area contributed by atoms with Gasteiger partial charge in [0.15, 0.2) is 0 Å². The summed E-state index contributed by atoms with van der Waals surface area (Å²) in [5.41, 5.74) is 0.457. The van der Waals surface area contributed by atoms with Gasteiger partial charge in [0.25, 0.3) is 0 Å². The summed E-state index contributed by atoms with van der Waals surface area (Å²) in [6, 6.07) is 6.47. The third kappa shape index (κ3) is 2.30. The minimum atomic E-state index is -0.494. The Morgan fingerprint density at radius 1 is 1.54 bits per heavy atom. The van der Waals surface area contributed by atoms with Gasteiger partial charge in [-0.3, -0.25) is 10.1 Å². The van der Waals surface area contributed by atoms with Gasteiger partial charge in [-0.2, -0.15) is 0 Å². The number of aromatic hydroxyl groups is 1. The van der Waals surface area contributed by atoms with Gasteiger partial charge in [0.2, 0.25) is 5.70 Å². The number of phenols is 1. The molecule has 68 valence electrons. The van der Waals surface area contributed by atoms with Crippen molar-refractivity contribution in [3.8, 4) is 5.75 Å². The van der Waals surface area contributed by atoms with E-state index in [0.29, 0.717) is 5.56 Å². The van der Waals surface area contributed by atoms with Gasteiger partial charge >= 0.3 is 0 Å². The summed E-state index contributed by atoms with van der Waals surface area (Å²) in [4.78, 5) is 9.78. The number of nitrogens with zero attached hydrogens (tertiary/aromatic N) is 1. The summed E-state index contributed by atoms with van der Waals surface area (Å²) in [6.45, 7) is 1.38. The van der Waals surface area contributed by atoms with Crippen LogP contribution in [0.5, 0.6) is 5.75 Å². The van der Waals surface area contributed by atoms with Crippen LogP contribution in [-0.2, 0) is 0 Å². The Balaban J connectivity index is 3.04. The second-order valence-corrected chi connectivity index (χ2v) is 2.60. The molecule has 0 radical (unpaired) electrons. The molecule has 0 fully saturated rings. The average Bonchev–Trinajstić information content (AvgIpc) is 2.08. The predicted octanol–water partition coefficient (Wildman–Crippen LogP) is 2.03. The number of hydrogen-bond donors (Lipinski definition) is 1. The molecule has 0 saturated heterocycles. The molecule has 13 heavy (non-hydrogen) atoms. The van der Waals surface area contributed by atoms with Gasteiger partial charge in [0.05, 0.1) is 4.92 Å². The van der Waals surface area contributed by atoms with Crippen LogP contribution >= 0.6 is 0 Å². The van der Waals surface area contributed by atoms with Crippen molar-refractivity contribution >= 4 is 6.08 Å². The maximum atomic E-state index is 10.3. The lowest BCUT2D eigenvalue weighted by Gasteiger charge is -1.96. The number of hydrogen-bond acceptors (Lipinski definition) is 3. The Kier molecular flexibility index (Phi) is 2.64. The first-order valence-corrected chi connectivity index (χ1v) is 3.72. The predicted molar refractivity (Wildman–Crippen MR) is 48.8 cm³/mol. The van der Waals surface area contributed by atoms with Crippen molar-refractivity contribution < 1.29 is 10.0 Å². The van der Waals surface area contributed by atoms with Gasteiger partial charge in [-0.1, -0.05) is 18.2 Å². The third-order valence-corrected chi connectivity index (χ3v) is 1.59. The van der Waals surface area contributed by atoms with E-state index < -0.39 is 4.92 Å². The number of benzene rings is 1. The molecule has 0 unspecified atom stereocenters. The summed E-state index contributed by atoms with van der Waals surface area (Å²) in [5, 5.41) is 19.5. The molecule has 0 aromatic heterocycles. The minimum absolute atomic E-state index is 0.00139. The van der Waals surface area contributed by atoms with E-state index in [-0.39, 0.29) is 11.4 Å². The first-order chi connectivity index (χ1) is 6.11. The molecule has 0 saturated carbocycles. The summed E-state index contributed by atoms with van der Waals surface area (Å²) < 4.78 is 0. The normalized spacial score (nSPS) is 11.3. The maximum Gasteiger partial charge on any atom is 0.243 e. The van der Waals surface area contributed by atoms with Crippen molar-refractivity contribution in [1.82, 2.24) is 0 Å². The first kappa shape index (κ1) is 9.25. The summed E-state index contributed by atoms with van der Waals surface area (Å²) in [6.07, 6.45) is 1.33. The second kappa shape index (κ2) is 3.71. The molecular weight excluding hydrogens is 170 g/mol. The molecule has 4 nitrogen and oxygen atoms in total. The highest BCUT2D eigenvalue weighted by Gasteiger charge is 2.03. The molecule has 1 rings (SSSR count). The monoisotopic (exact) mass is 179 g/mol. The van der Waals surface area contributed by atoms with E-state index in [2.05, 4.69) is 0 Å². The second-order valence-electron chi connectivity index (χ2n) is 2.60. The van der Waals surface area contributed by atoms with Crippen molar-refractivity contribution in [3.63, 3.8) is 0 Å². The number of rotatable bonds is 2. The van der Waals surface area contributed by atoms with E-state index in [1.54, 1.807) is 18.2 Å². The van der Waals surface area contributed by atoms with E-state index in [0.717, 1.165) is 0 Å². The molecule has 1 N–H and O–H groups in total. The van der Waals surface area contributed by atoms with Crippen LogP contribution in [0.15, 0.2) is 30.0 Å². The largest absolute Gasteiger partial charge is 0.507 e. The van der Waals surface area contributed by atoms with Crippen molar-refractivity contribution in [2.75, 3.05) is 0 Å². The van der Waals surface area contributed by atoms with Crippen LogP contribution in [0.4, 0.5) is 0 Å². The Bertz CT molecular complexity index is 358. The number of para-hydroxylation sites is 1. The van der Waals surface area contributed by atoms with Crippen LogP contribution in [0.2, 0.25) is 0 Å². The van der Waals surface area contributed by atoms with Crippen LogP contribution in [0.1, 0.15) is 12.5 Å². The molecule has 0 amide bonds. The fourth-order valence-corrected chi connectivity index (χ4v) is 0.887. The highest BCUT2D eigenvalue weighted by Crippen LogP contribution is 2.18. The lowest BCUT2D eigenvalue weighted by molar-refractivity contribution is -0.422. The maximum absolute atomic E-state index is 10.3. The van der Waals surface area contributed by atoms with E-state index in [9.17, 15) is 15.2 Å². The van der Waals surface area contributed by atoms with E-state index >= 15 is 0 Å². The van der Waals surface area contributed by atoms with Crippen LogP contribution < -0.4 is 0 Å². The zero-order chi connectivity index (χ0) is 9.84. The minimum Gasteiger partial charge on any atom is -0.507 e. The highest BCUT2D eigenvalue weighted by atomic mass is 16.6. The molecule has 0 aliphatic rings. The average molecular weight is 179 g/mol. The van der Waals surface area contributed by atoms with Gasteiger partial charge < -0.3 is 5.11 Å². The number of nitro groups is 1.